The van der Waals surface area contributed by atoms with Crippen molar-refractivity contribution < 1.29 is 24.2 Å². The molecule has 0 spiro atoms. The number of allylic oxidation sites excluding steroid dienone is 4. The van der Waals surface area contributed by atoms with E-state index in [1.165, 1.54) is 80.6 Å². The van der Waals surface area contributed by atoms with Gasteiger partial charge in [-0.3, -0.25) is 6.08 Å². The van der Waals surface area contributed by atoms with Gasteiger partial charge >= 0.3 is 28.4 Å². The van der Waals surface area contributed by atoms with Gasteiger partial charge in [0.1, 0.15) is 0 Å². The van der Waals surface area contributed by atoms with Crippen LogP contribution < -0.4 is 0 Å². The van der Waals surface area contributed by atoms with E-state index in [0.717, 1.165) is 12.8 Å². The van der Waals surface area contributed by atoms with Gasteiger partial charge in [-0.25, -0.2) is 12.2 Å². The molecule has 0 aromatic heterocycles. The molecule has 0 saturated carbocycles. The molecule has 2 aliphatic rings. The van der Waals surface area contributed by atoms with Crippen LogP contribution in [0.3, 0.4) is 0 Å². The van der Waals surface area contributed by atoms with E-state index in [1.54, 1.807) is 0 Å². The van der Waals surface area contributed by atoms with Crippen LogP contribution in [0.25, 0.3) is 11.1 Å². The van der Waals surface area contributed by atoms with E-state index in [-0.39, 0.29) is 35.6 Å². The van der Waals surface area contributed by atoms with Gasteiger partial charge in [-0.15, -0.1) is 66.6 Å². The quantitative estimate of drug-likeness (QED) is 0.157. The molecule has 0 saturated heterocycles. The second kappa shape index (κ2) is 22.2. The third-order valence-electron chi connectivity index (χ3n) is 7.75. The first-order valence-corrected chi connectivity index (χ1v) is 18.0. The SMILES string of the molecule is CC(C)(C)c1[c-]c2c(cc1)-c1ccc(C(C)(C)C)cc1C2.C[C-](C)c1ccccc1.C[C-](C)c1ccccc1.Cl.Cl.[C-]1=CC=CC1.[CH2]=[Zr]. The fourth-order valence-electron chi connectivity index (χ4n) is 4.91. The predicted octanol–water partition coefficient (Wildman–Crippen LogP) is 13.1. The number of halogens is 2. The van der Waals surface area contributed by atoms with Gasteiger partial charge in [-0.2, -0.15) is 77.1 Å². The maximum atomic E-state index is 3.67. The van der Waals surface area contributed by atoms with Gasteiger partial charge in [0.05, 0.1) is 0 Å². The first kappa shape index (κ1) is 45.4. The first-order chi connectivity index (χ1) is 21.8. The minimum atomic E-state index is 0. The van der Waals surface area contributed by atoms with Crippen LogP contribution in [0.4, 0.5) is 0 Å². The van der Waals surface area contributed by atoms with Gasteiger partial charge in [0, 0.05) is 0 Å². The molecule has 0 heterocycles. The third-order valence-corrected chi connectivity index (χ3v) is 7.75. The van der Waals surface area contributed by atoms with Gasteiger partial charge in [0.2, 0.25) is 0 Å². The van der Waals surface area contributed by atoms with Crippen molar-refractivity contribution in [3.05, 3.63) is 167 Å². The van der Waals surface area contributed by atoms with E-state index in [4.69, 9.17) is 0 Å². The standard InChI is InChI=1S/C21H25.2C9H11.C5H5.CH2.2ClH.Zr/c1-20(2,3)16-7-9-18-14(12-16)11-15-13-17(21(4,5)6)8-10-19(15)18;2*1-8(2)9-6-4-3-5-7-9;1-2-4-5-3-1;;;;/h7-10,12H,11H2,1-6H3;2*3-7H,1-2H3;1-3H,4H2;1H2;2*1H;/q4*-1;;;;. The minimum absolute atomic E-state index is 0. The summed E-state index contributed by atoms with van der Waals surface area (Å²) in [4.78, 5) is 0. The molecular formula is C45H56Cl2Zr-4. The topological polar surface area (TPSA) is 0 Å². The molecule has 0 unspecified atom stereocenters. The van der Waals surface area contributed by atoms with Crippen molar-refractivity contribution in [2.75, 3.05) is 0 Å². The molecule has 4 aromatic rings. The van der Waals surface area contributed by atoms with Crippen LogP contribution in [0, 0.1) is 24.0 Å². The number of fused-ring (bicyclic) bond motifs is 3. The number of hydrogen-bond donors (Lipinski definition) is 0. The van der Waals surface area contributed by atoms with E-state index in [9.17, 15) is 0 Å². The van der Waals surface area contributed by atoms with Crippen LogP contribution in [0.5, 0.6) is 0 Å². The van der Waals surface area contributed by atoms with Crippen molar-refractivity contribution in [2.24, 2.45) is 0 Å². The Morgan fingerprint density at radius 3 is 1.50 bits per heavy atom. The van der Waals surface area contributed by atoms with Gasteiger partial charge in [0.25, 0.3) is 0 Å². The summed E-state index contributed by atoms with van der Waals surface area (Å²) in [5.74, 6) is 2.74. The monoisotopic (exact) mass is 756 g/mol. The van der Waals surface area contributed by atoms with Gasteiger partial charge in [0.15, 0.2) is 0 Å². The molecule has 0 amide bonds. The van der Waals surface area contributed by atoms with E-state index in [1.807, 2.05) is 24.3 Å². The summed E-state index contributed by atoms with van der Waals surface area (Å²) in [5, 5.41) is 0. The van der Waals surface area contributed by atoms with E-state index in [2.05, 4.69) is 171 Å². The second-order valence-electron chi connectivity index (χ2n) is 14.0. The van der Waals surface area contributed by atoms with Crippen LogP contribution in [0.1, 0.15) is 109 Å². The molecule has 4 aromatic carbocycles. The fraction of sp³-hybridized carbons (Fsp3) is 0.311. The van der Waals surface area contributed by atoms with Gasteiger partial charge in [-0.1, -0.05) is 105 Å². The molecule has 0 bridgehead atoms. The van der Waals surface area contributed by atoms with Crippen LogP contribution >= 0.6 is 24.8 Å². The average Bonchev–Trinajstić information content (AvgIpc) is 3.74. The predicted molar refractivity (Wildman–Crippen MR) is 214 cm³/mol. The molecule has 0 radical (unpaired) electrons. The Kier molecular flexibility index (Phi) is 21.0. The van der Waals surface area contributed by atoms with Crippen molar-refractivity contribution >= 4 is 29.0 Å². The van der Waals surface area contributed by atoms with Crippen LogP contribution in [-0.2, 0) is 41.5 Å². The Morgan fingerprint density at radius 2 is 1.15 bits per heavy atom. The normalized spacial score (nSPS) is 11.4. The summed E-state index contributed by atoms with van der Waals surface area (Å²) in [6, 6.07) is 35.9. The zero-order valence-corrected chi connectivity index (χ0v) is 34.9. The van der Waals surface area contributed by atoms with Crippen LogP contribution in [0.2, 0.25) is 0 Å². The number of benzene rings is 4. The van der Waals surface area contributed by atoms with Crippen LogP contribution in [-0.4, -0.2) is 4.21 Å². The summed E-state index contributed by atoms with van der Waals surface area (Å²) in [6.45, 7) is 22.1. The molecule has 48 heavy (non-hydrogen) atoms. The summed E-state index contributed by atoms with van der Waals surface area (Å²) in [6.07, 6.45) is 11.0. The first-order valence-electron chi connectivity index (χ1n) is 16.2. The zero-order valence-electron chi connectivity index (χ0n) is 30.8. The number of rotatable bonds is 2. The zero-order chi connectivity index (χ0) is 34.3. The fourth-order valence-corrected chi connectivity index (χ4v) is 4.91. The Morgan fingerprint density at radius 1 is 0.646 bits per heavy atom. The molecule has 0 fully saturated rings. The Labute approximate surface area is 321 Å². The summed E-state index contributed by atoms with van der Waals surface area (Å²) in [5.41, 5.74) is 11.4. The molecule has 0 N–H and O–H groups in total. The van der Waals surface area contributed by atoms with Gasteiger partial charge < -0.3 is 0 Å². The summed E-state index contributed by atoms with van der Waals surface area (Å²) in [7, 11) is 0. The van der Waals surface area contributed by atoms with Crippen molar-refractivity contribution in [2.45, 2.75) is 92.9 Å². The Balaban J connectivity index is 0.000000682. The maximum absolute atomic E-state index is 3.67. The number of hydrogen-bond acceptors (Lipinski definition) is 0. The van der Waals surface area contributed by atoms with E-state index in [0.29, 0.717) is 0 Å². The van der Waals surface area contributed by atoms with Gasteiger partial charge in [-0.05, 0) is 28.4 Å². The van der Waals surface area contributed by atoms with Crippen molar-refractivity contribution in [3.8, 4) is 11.1 Å². The van der Waals surface area contributed by atoms with E-state index < -0.39 is 0 Å². The van der Waals surface area contributed by atoms with E-state index >= 15 is 0 Å². The van der Waals surface area contributed by atoms with Crippen LogP contribution in [0.15, 0.2) is 109 Å². The second-order valence-corrected chi connectivity index (χ2v) is 14.0. The molecule has 6 rings (SSSR count). The third kappa shape index (κ3) is 14.9. The average molecular weight is 759 g/mol. The molecule has 0 nitrogen and oxygen atoms in total. The Bertz CT molecular complexity index is 1400. The Hall–Kier alpha value is -2.57. The van der Waals surface area contributed by atoms with Crippen molar-refractivity contribution in [1.29, 1.82) is 0 Å². The summed E-state index contributed by atoms with van der Waals surface area (Å²) < 4.78 is 3.34. The summed E-state index contributed by atoms with van der Waals surface area (Å²) >= 11 is 1.30. The molecule has 258 valence electrons. The molecule has 0 atom stereocenters. The van der Waals surface area contributed by atoms with Crippen molar-refractivity contribution in [1.82, 2.24) is 0 Å². The van der Waals surface area contributed by atoms with Crippen molar-refractivity contribution in [3.63, 3.8) is 0 Å². The molecule has 2 aliphatic carbocycles. The molecule has 0 aliphatic heterocycles. The molecule has 3 heteroatoms. The molecular weight excluding hydrogens is 703 g/mol.